The summed E-state index contributed by atoms with van der Waals surface area (Å²) in [7, 11) is 0. The molecule has 1 amide bonds. The van der Waals surface area contributed by atoms with Gasteiger partial charge < -0.3 is 9.47 Å². The molecule has 2 aromatic rings. The number of carbonyl (C=O) groups excluding carboxylic acids is 1. The second-order valence-corrected chi connectivity index (χ2v) is 7.16. The molecule has 0 spiro atoms. The molecule has 4 rings (SSSR count). The lowest BCUT2D eigenvalue weighted by Gasteiger charge is -2.37. The van der Waals surface area contributed by atoms with Gasteiger partial charge in [0.2, 0.25) is 5.91 Å². The van der Waals surface area contributed by atoms with E-state index in [1.54, 1.807) is 6.33 Å². The van der Waals surface area contributed by atoms with Crippen molar-refractivity contribution in [3.05, 3.63) is 47.5 Å². The van der Waals surface area contributed by atoms with E-state index in [4.69, 9.17) is 0 Å². The number of amides is 1. The molecule has 1 aromatic carbocycles. The highest BCUT2D eigenvalue weighted by Gasteiger charge is 2.30. The van der Waals surface area contributed by atoms with Crippen molar-refractivity contribution in [3.63, 3.8) is 0 Å². The molecule has 0 bridgehead atoms. The van der Waals surface area contributed by atoms with Gasteiger partial charge in [-0.25, -0.2) is 0 Å². The molecule has 0 N–H and O–H groups in total. The van der Waals surface area contributed by atoms with Crippen molar-refractivity contribution < 1.29 is 4.79 Å². The van der Waals surface area contributed by atoms with Gasteiger partial charge in [-0.2, -0.15) is 0 Å². The summed E-state index contributed by atoms with van der Waals surface area (Å²) < 4.78 is 2.03. The van der Waals surface area contributed by atoms with Crippen molar-refractivity contribution in [1.82, 2.24) is 24.6 Å². The Kier molecular flexibility index (Phi) is 4.53. The molecule has 2 aliphatic heterocycles. The van der Waals surface area contributed by atoms with E-state index in [2.05, 4.69) is 46.3 Å². The van der Waals surface area contributed by atoms with Crippen LogP contribution >= 0.6 is 0 Å². The lowest BCUT2D eigenvalue weighted by Crippen LogP contribution is -2.50. The third-order valence-corrected chi connectivity index (χ3v) is 5.52. The first kappa shape index (κ1) is 16.3. The molecule has 3 heterocycles. The van der Waals surface area contributed by atoms with Gasteiger partial charge in [0, 0.05) is 45.7 Å². The summed E-state index contributed by atoms with van der Waals surface area (Å²) >= 11 is 0. The van der Waals surface area contributed by atoms with E-state index in [1.807, 2.05) is 9.47 Å². The minimum atomic E-state index is 0.0754. The quantitative estimate of drug-likeness (QED) is 0.850. The third kappa shape index (κ3) is 3.44. The van der Waals surface area contributed by atoms with E-state index >= 15 is 0 Å². The van der Waals surface area contributed by atoms with E-state index in [9.17, 15) is 4.79 Å². The molecule has 25 heavy (non-hydrogen) atoms. The van der Waals surface area contributed by atoms with Gasteiger partial charge in [0.1, 0.15) is 12.2 Å². The van der Waals surface area contributed by atoms with E-state index < -0.39 is 0 Å². The fourth-order valence-corrected chi connectivity index (χ4v) is 3.87. The first-order valence-corrected chi connectivity index (χ1v) is 9.13. The Morgan fingerprint density at radius 2 is 2.00 bits per heavy atom. The van der Waals surface area contributed by atoms with Gasteiger partial charge in [-0.1, -0.05) is 24.3 Å². The molecular formula is C19H25N5O. The Morgan fingerprint density at radius 3 is 2.80 bits per heavy atom. The lowest BCUT2D eigenvalue weighted by atomic mass is 9.97. The Labute approximate surface area is 148 Å². The van der Waals surface area contributed by atoms with E-state index in [0.717, 1.165) is 57.9 Å². The van der Waals surface area contributed by atoms with Crippen LogP contribution < -0.4 is 0 Å². The minimum absolute atomic E-state index is 0.0754. The summed E-state index contributed by atoms with van der Waals surface area (Å²) in [5.41, 5.74) is 2.72. The van der Waals surface area contributed by atoms with Crippen LogP contribution in [-0.2, 0) is 24.3 Å². The maximum atomic E-state index is 12.9. The van der Waals surface area contributed by atoms with Gasteiger partial charge in [0.15, 0.2) is 0 Å². The molecular weight excluding hydrogens is 314 g/mol. The van der Waals surface area contributed by atoms with Gasteiger partial charge in [0.05, 0.1) is 5.92 Å². The average molecular weight is 339 g/mol. The van der Waals surface area contributed by atoms with Crippen LogP contribution in [0.3, 0.4) is 0 Å². The number of carbonyl (C=O) groups is 1. The molecule has 0 saturated carbocycles. The summed E-state index contributed by atoms with van der Waals surface area (Å²) in [5, 5.41) is 8.05. The average Bonchev–Trinajstić information content (AvgIpc) is 3.11. The van der Waals surface area contributed by atoms with Crippen molar-refractivity contribution in [2.24, 2.45) is 5.92 Å². The lowest BCUT2D eigenvalue weighted by molar-refractivity contribution is -0.138. The zero-order valence-electron chi connectivity index (χ0n) is 14.8. The number of rotatable bonds is 3. The first-order chi connectivity index (χ1) is 12.2. The van der Waals surface area contributed by atoms with Crippen molar-refractivity contribution >= 4 is 5.91 Å². The standard InChI is InChI=1S/C19H25N5O/c1-15-4-2-3-5-16(15)12-22-8-10-23(11-9-22)19(25)17-6-7-18-21-20-14-24(18)13-17/h2-5,14,17H,6-13H2,1H3. The molecule has 1 atom stereocenters. The zero-order valence-corrected chi connectivity index (χ0v) is 14.8. The molecule has 0 aliphatic carbocycles. The molecule has 1 unspecified atom stereocenters. The number of hydrogen-bond acceptors (Lipinski definition) is 4. The van der Waals surface area contributed by atoms with E-state index in [-0.39, 0.29) is 5.92 Å². The van der Waals surface area contributed by atoms with Crippen molar-refractivity contribution in [2.75, 3.05) is 26.2 Å². The van der Waals surface area contributed by atoms with E-state index in [1.165, 1.54) is 11.1 Å². The summed E-state index contributed by atoms with van der Waals surface area (Å²) in [4.78, 5) is 17.4. The first-order valence-electron chi connectivity index (χ1n) is 9.13. The van der Waals surface area contributed by atoms with Crippen LogP contribution in [0, 0.1) is 12.8 Å². The second-order valence-electron chi connectivity index (χ2n) is 7.16. The maximum absolute atomic E-state index is 12.9. The Hall–Kier alpha value is -2.21. The Morgan fingerprint density at radius 1 is 1.20 bits per heavy atom. The third-order valence-electron chi connectivity index (χ3n) is 5.52. The topological polar surface area (TPSA) is 54.3 Å². The van der Waals surface area contributed by atoms with Crippen LogP contribution in [0.5, 0.6) is 0 Å². The summed E-state index contributed by atoms with van der Waals surface area (Å²) in [5.74, 6) is 1.38. The predicted octanol–water partition coefficient (Wildman–Crippen LogP) is 1.49. The van der Waals surface area contributed by atoms with Crippen LogP contribution in [0.4, 0.5) is 0 Å². The highest BCUT2D eigenvalue weighted by Crippen LogP contribution is 2.21. The predicted molar refractivity (Wildman–Crippen MR) is 94.9 cm³/mol. The minimum Gasteiger partial charge on any atom is -0.340 e. The summed E-state index contributed by atoms with van der Waals surface area (Å²) in [6.07, 6.45) is 3.49. The van der Waals surface area contributed by atoms with Gasteiger partial charge in [0.25, 0.3) is 0 Å². The van der Waals surface area contributed by atoms with Gasteiger partial charge in [-0.15, -0.1) is 10.2 Å². The van der Waals surface area contributed by atoms with Crippen LogP contribution in [-0.4, -0.2) is 56.7 Å². The summed E-state index contributed by atoms with van der Waals surface area (Å²) in [6, 6.07) is 8.55. The molecule has 2 aliphatic rings. The number of aromatic nitrogens is 3. The van der Waals surface area contributed by atoms with Crippen molar-refractivity contribution in [3.8, 4) is 0 Å². The van der Waals surface area contributed by atoms with Gasteiger partial charge in [-0.05, 0) is 24.5 Å². The number of aryl methyl sites for hydroxylation is 2. The second kappa shape index (κ2) is 6.96. The van der Waals surface area contributed by atoms with Gasteiger partial charge in [-0.3, -0.25) is 9.69 Å². The summed E-state index contributed by atoms with van der Waals surface area (Å²) in [6.45, 7) is 7.42. The molecule has 6 nitrogen and oxygen atoms in total. The Bertz CT molecular complexity index is 748. The smallest absolute Gasteiger partial charge is 0.227 e. The zero-order chi connectivity index (χ0) is 17.2. The largest absolute Gasteiger partial charge is 0.340 e. The molecule has 132 valence electrons. The highest BCUT2D eigenvalue weighted by atomic mass is 16.2. The van der Waals surface area contributed by atoms with E-state index in [0.29, 0.717) is 5.91 Å². The van der Waals surface area contributed by atoms with Gasteiger partial charge >= 0.3 is 0 Å². The monoisotopic (exact) mass is 339 g/mol. The molecule has 1 fully saturated rings. The van der Waals surface area contributed by atoms with Crippen LogP contribution in [0.15, 0.2) is 30.6 Å². The normalized spacial score (nSPS) is 21.2. The number of hydrogen-bond donors (Lipinski definition) is 0. The Balaban J connectivity index is 1.31. The fourth-order valence-electron chi connectivity index (χ4n) is 3.87. The van der Waals surface area contributed by atoms with Crippen molar-refractivity contribution in [1.29, 1.82) is 0 Å². The molecule has 0 radical (unpaired) electrons. The van der Waals surface area contributed by atoms with Crippen LogP contribution in [0.1, 0.15) is 23.4 Å². The highest BCUT2D eigenvalue weighted by molar-refractivity contribution is 5.79. The number of piperazine rings is 1. The fraction of sp³-hybridized carbons (Fsp3) is 0.526. The molecule has 6 heteroatoms. The van der Waals surface area contributed by atoms with Crippen molar-refractivity contribution in [2.45, 2.75) is 32.9 Å². The molecule has 1 saturated heterocycles. The number of fused-ring (bicyclic) bond motifs is 1. The maximum Gasteiger partial charge on any atom is 0.227 e. The number of nitrogens with zero attached hydrogens (tertiary/aromatic N) is 5. The van der Waals surface area contributed by atoms with Crippen LogP contribution in [0.25, 0.3) is 0 Å². The SMILES string of the molecule is Cc1ccccc1CN1CCN(C(=O)C2CCc3nncn3C2)CC1. The number of benzene rings is 1. The molecule has 1 aromatic heterocycles. The van der Waals surface area contributed by atoms with Crippen LogP contribution in [0.2, 0.25) is 0 Å².